The van der Waals surface area contributed by atoms with E-state index in [0.29, 0.717) is 29.3 Å². The highest BCUT2D eigenvalue weighted by Crippen LogP contribution is 2.40. The van der Waals surface area contributed by atoms with Gasteiger partial charge in [0.1, 0.15) is 17.2 Å². The van der Waals surface area contributed by atoms with E-state index in [2.05, 4.69) is 0 Å². The van der Waals surface area contributed by atoms with E-state index < -0.39 is 4.92 Å². The molecule has 2 aliphatic heterocycles. The maximum atomic E-state index is 13.4. The van der Waals surface area contributed by atoms with Crippen molar-refractivity contribution in [1.29, 1.82) is 0 Å². The van der Waals surface area contributed by atoms with Gasteiger partial charge in [-0.25, -0.2) is 0 Å². The van der Waals surface area contributed by atoms with Gasteiger partial charge in [-0.2, -0.15) is 0 Å². The Bertz CT molecular complexity index is 987. The molecule has 4 rings (SSSR count). The van der Waals surface area contributed by atoms with Crippen LogP contribution >= 0.6 is 0 Å². The smallest absolute Gasteiger partial charge is 0.293 e. The van der Waals surface area contributed by atoms with E-state index in [1.165, 1.54) is 6.07 Å². The molecular formula is C23H27N3O5. The molecular weight excluding hydrogens is 398 g/mol. The van der Waals surface area contributed by atoms with E-state index >= 15 is 0 Å². The van der Waals surface area contributed by atoms with E-state index in [1.807, 2.05) is 23.1 Å². The summed E-state index contributed by atoms with van der Waals surface area (Å²) in [4.78, 5) is 28.5. The number of benzene rings is 2. The number of amides is 1. The Balaban J connectivity index is 1.64. The summed E-state index contributed by atoms with van der Waals surface area (Å²) in [5, 5.41) is 11.7. The van der Waals surface area contributed by atoms with E-state index in [0.717, 1.165) is 44.3 Å². The quantitative estimate of drug-likeness (QED) is 0.510. The molecule has 1 amide bonds. The lowest BCUT2D eigenvalue weighted by molar-refractivity contribution is -0.384. The first-order valence-corrected chi connectivity index (χ1v) is 10.6. The second kappa shape index (κ2) is 8.83. The third kappa shape index (κ3) is 4.02. The molecule has 164 valence electrons. The Labute approximate surface area is 181 Å². The van der Waals surface area contributed by atoms with Crippen LogP contribution in [0.4, 0.5) is 11.4 Å². The van der Waals surface area contributed by atoms with Crippen LogP contribution in [-0.2, 0) is 0 Å². The van der Waals surface area contributed by atoms with Gasteiger partial charge in [0.2, 0.25) is 0 Å². The molecule has 2 aromatic rings. The Hall–Kier alpha value is -3.29. The van der Waals surface area contributed by atoms with Gasteiger partial charge < -0.3 is 19.3 Å². The molecule has 0 aromatic heterocycles. The van der Waals surface area contributed by atoms with Crippen LogP contribution in [0.2, 0.25) is 0 Å². The van der Waals surface area contributed by atoms with Crippen molar-refractivity contribution >= 4 is 17.3 Å². The zero-order valence-electron chi connectivity index (χ0n) is 17.9. The highest BCUT2D eigenvalue weighted by atomic mass is 16.6. The molecule has 2 aromatic carbocycles. The first kappa shape index (κ1) is 21.0. The fourth-order valence-corrected chi connectivity index (χ4v) is 4.62. The second-order valence-corrected chi connectivity index (χ2v) is 7.92. The number of anilines is 1. The minimum atomic E-state index is -0.390. The summed E-state index contributed by atoms with van der Waals surface area (Å²) >= 11 is 0. The van der Waals surface area contributed by atoms with Crippen molar-refractivity contribution in [3.63, 3.8) is 0 Å². The summed E-state index contributed by atoms with van der Waals surface area (Å²) < 4.78 is 10.8. The van der Waals surface area contributed by atoms with Gasteiger partial charge in [-0.3, -0.25) is 14.9 Å². The van der Waals surface area contributed by atoms with Crippen molar-refractivity contribution in [2.24, 2.45) is 0 Å². The number of carbonyl (C=O) groups is 1. The number of nitrogens with zero attached hydrogens (tertiary/aromatic N) is 3. The van der Waals surface area contributed by atoms with Gasteiger partial charge in [-0.1, -0.05) is 0 Å². The van der Waals surface area contributed by atoms with Crippen molar-refractivity contribution in [2.75, 3.05) is 38.8 Å². The third-order valence-corrected chi connectivity index (χ3v) is 6.18. The number of hydrogen-bond donors (Lipinski definition) is 0. The first-order valence-electron chi connectivity index (χ1n) is 10.6. The van der Waals surface area contributed by atoms with Gasteiger partial charge in [0, 0.05) is 42.9 Å². The molecule has 0 saturated carbocycles. The van der Waals surface area contributed by atoms with Crippen LogP contribution in [0.5, 0.6) is 11.5 Å². The van der Waals surface area contributed by atoms with Crippen molar-refractivity contribution in [1.82, 2.24) is 4.90 Å². The molecule has 2 heterocycles. The van der Waals surface area contributed by atoms with Gasteiger partial charge in [0.25, 0.3) is 11.6 Å². The standard InChI is InChI=1S/C23H27N3O5/c1-30-17-8-9-18(22(15-17)31-2)19-6-5-13-25(19)23(27)16-7-10-20(21(14-16)26(28)29)24-11-3-4-12-24/h7-10,14-15,19H,3-6,11-13H2,1-2H3. The average molecular weight is 425 g/mol. The van der Waals surface area contributed by atoms with Gasteiger partial charge in [0.05, 0.1) is 25.2 Å². The SMILES string of the molecule is COc1ccc(C2CCCN2C(=O)c2ccc(N3CCCC3)c([N+](=O)[O-])c2)c(OC)c1. The number of nitro benzene ring substituents is 1. The van der Waals surface area contributed by atoms with E-state index in [9.17, 15) is 14.9 Å². The molecule has 0 spiro atoms. The number of carbonyl (C=O) groups excluding carboxylic acids is 1. The van der Waals surface area contributed by atoms with Gasteiger partial charge >= 0.3 is 0 Å². The number of rotatable bonds is 6. The molecule has 31 heavy (non-hydrogen) atoms. The molecule has 1 atom stereocenters. The number of methoxy groups -OCH3 is 2. The molecule has 2 saturated heterocycles. The zero-order chi connectivity index (χ0) is 22.0. The summed E-state index contributed by atoms with van der Waals surface area (Å²) in [6.07, 6.45) is 3.72. The van der Waals surface area contributed by atoms with Gasteiger partial charge in [0.15, 0.2) is 0 Å². The lowest BCUT2D eigenvalue weighted by Gasteiger charge is -2.27. The predicted octanol–water partition coefficient (Wildman–Crippen LogP) is 4.19. The van der Waals surface area contributed by atoms with E-state index in [4.69, 9.17) is 9.47 Å². The topological polar surface area (TPSA) is 85.2 Å². The van der Waals surface area contributed by atoms with Crippen LogP contribution < -0.4 is 14.4 Å². The van der Waals surface area contributed by atoms with Crippen molar-refractivity contribution in [3.8, 4) is 11.5 Å². The fraction of sp³-hybridized carbons (Fsp3) is 0.435. The number of ether oxygens (including phenoxy) is 2. The normalized spacial score (nSPS) is 18.3. The number of hydrogen-bond acceptors (Lipinski definition) is 6. The van der Waals surface area contributed by atoms with Crippen molar-refractivity contribution < 1.29 is 19.2 Å². The van der Waals surface area contributed by atoms with Crippen LogP contribution in [0.15, 0.2) is 36.4 Å². The molecule has 1 unspecified atom stereocenters. The monoisotopic (exact) mass is 425 g/mol. The van der Waals surface area contributed by atoms with Crippen LogP contribution in [-0.4, -0.2) is 49.6 Å². The molecule has 2 aliphatic rings. The van der Waals surface area contributed by atoms with E-state index in [1.54, 1.807) is 31.3 Å². The first-order chi connectivity index (χ1) is 15.0. The Morgan fingerprint density at radius 3 is 2.48 bits per heavy atom. The lowest BCUT2D eigenvalue weighted by atomic mass is 10.0. The van der Waals surface area contributed by atoms with Crippen LogP contribution in [0.1, 0.15) is 47.6 Å². The maximum absolute atomic E-state index is 13.4. The Morgan fingerprint density at radius 1 is 1.03 bits per heavy atom. The summed E-state index contributed by atoms with van der Waals surface area (Å²) in [5.41, 5.74) is 1.84. The van der Waals surface area contributed by atoms with Gasteiger partial charge in [-0.05, 0) is 49.9 Å². The minimum absolute atomic E-state index is 0.00877. The largest absolute Gasteiger partial charge is 0.497 e. The lowest BCUT2D eigenvalue weighted by Crippen LogP contribution is -2.31. The van der Waals surface area contributed by atoms with Crippen LogP contribution in [0, 0.1) is 10.1 Å². The second-order valence-electron chi connectivity index (χ2n) is 7.92. The zero-order valence-corrected chi connectivity index (χ0v) is 17.9. The highest BCUT2D eigenvalue weighted by molar-refractivity contribution is 5.96. The molecule has 0 bridgehead atoms. The fourth-order valence-electron chi connectivity index (χ4n) is 4.62. The highest BCUT2D eigenvalue weighted by Gasteiger charge is 2.34. The van der Waals surface area contributed by atoms with E-state index in [-0.39, 0.29) is 17.6 Å². The third-order valence-electron chi connectivity index (χ3n) is 6.18. The summed E-state index contributed by atoms with van der Waals surface area (Å²) in [6.45, 7) is 2.21. The van der Waals surface area contributed by atoms with Crippen LogP contribution in [0.25, 0.3) is 0 Å². The molecule has 0 N–H and O–H groups in total. The maximum Gasteiger partial charge on any atom is 0.293 e. The molecule has 2 fully saturated rings. The summed E-state index contributed by atoms with van der Waals surface area (Å²) in [7, 11) is 3.19. The van der Waals surface area contributed by atoms with Crippen molar-refractivity contribution in [2.45, 2.75) is 31.7 Å². The molecule has 8 nitrogen and oxygen atoms in total. The number of nitro groups is 1. The molecule has 0 radical (unpaired) electrons. The minimum Gasteiger partial charge on any atom is -0.497 e. The molecule has 0 aliphatic carbocycles. The number of likely N-dealkylation sites (tertiary alicyclic amines) is 1. The van der Waals surface area contributed by atoms with Crippen molar-refractivity contribution in [3.05, 3.63) is 57.6 Å². The Kier molecular flexibility index (Phi) is 5.97. The Morgan fingerprint density at radius 2 is 1.81 bits per heavy atom. The summed E-state index contributed by atoms with van der Waals surface area (Å²) in [6, 6.07) is 10.3. The van der Waals surface area contributed by atoms with Gasteiger partial charge in [-0.15, -0.1) is 0 Å². The predicted molar refractivity (Wildman–Crippen MR) is 117 cm³/mol. The van der Waals surface area contributed by atoms with Crippen LogP contribution in [0.3, 0.4) is 0 Å². The average Bonchev–Trinajstić information content (AvgIpc) is 3.50. The molecule has 8 heteroatoms. The summed E-state index contributed by atoms with van der Waals surface area (Å²) in [5.74, 6) is 1.15.